The van der Waals surface area contributed by atoms with Crippen molar-refractivity contribution >= 4 is 5.97 Å². The summed E-state index contributed by atoms with van der Waals surface area (Å²) >= 11 is 0. The average molecular weight is 285 g/mol. The molecule has 0 N–H and O–H groups in total. The van der Waals surface area contributed by atoms with Crippen LogP contribution in [-0.4, -0.2) is 15.7 Å². The van der Waals surface area contributed by atoms with E-state index in [0.717, 1.165) is 23.1 Å². The molecule has 3 rings (SSSR count). The molecule has 108 valence electrons. The fourth-order valence-corrected chi connectivity index (χ4v) is 2.16. The second-order valence-electron chi connectivity index (χ2n) is 5.05. The average Bonchev–Trinajstić information content (AvgIpc) is 3.27. The Morgan fingerprint density at radius 1 is 1.43 bits per heavy atom. The smallest absolute Gasteiger partial charge is 0.279 e. The number of carbonyl (C=O) groups excluding carboxylic acids is 1. The van der Waals surface area contributed by atoms with E-state index in [1.165, 1.54) is 13.2 Å². The summed E-state index contributed by atoms with van der Waals surface area (Å²) in [6.07, 6.45) is 3.51. The van der Waals surface area contributed by atoms with Gasteiger partial charge >= 0.3 is 0 Å². The minimum atomic E-state index is -1.58. The molecule has 1 fully saturated rings. The third kappa shape index (κ3) is 2.65. The van der Waals surface area contributed by atoms with E-state index in [4.69, 9.17) is 4.74 Å². The zero-order valence-electron chi connectivity index (χ0n) is 11.4. The lowest BCUT2D eigenvalue weighted by atomic mass is 10.1. The van der Waals surface area contributed by atoms with Crippen LogP contribution in [0.1, 0.15) is 34.7 Å². The predicted molar refractivity (Wildman–Crippen MR) is 72.3 cm³/mol. The van der Waals surface area contributed by atoms with Crippen LogP contribution in [0.25, 0.3) is 0 Å². The van der Waals surface area contributed by atoms with E-state index in [1.54, 1.807) is 6.07 Å². The Labute approximate surface area is 120 Å². The van der Waals surface area contributed by atoms with Crippen LogP contribution in [0, 0.1) is 0 Å². The van der Waals surface area contributed by atoms with Crippen LogP contribution in [0.4, 0.5) is 0 Å². The van der Waals surface area contributed by atoms with Crippen molar-refractivity contribution in [3.05, 3.63) is 51.9 Å². The lowest BCUT2D eigenvalue weighted by Gasteiger charge is -2.12. The Hall–Kier alpha value is -2.63. The third-order valence-corrected chi connectivity index (χ3v) is 3.44. The van der Waals surface area contributed by atoms with E-state index in [1.807, 2.05) is 18.2 Å². The molecule has 21 heavy (non-hydrogen) atoms. The molecule has 0 unspecified atom stereocenters. The molecule has 1 aliphatic rings. The number of rotatable bonds is 4. The number of aromatic nitrogens is 2. The van der Waals surface area contributed by atoms with Gasteiger partial charge in [0.15, 0.2) is 5.75 Å². The maximum Gasteiger partial charge on any atom is 0.279 e. The molecule has 0 spiro atoms. The summed E-state index contributed by atoms with van der Waals surface area (Å²) in [6.45, 7) is 0. The fraction of sp³-hybridized carbons (Fsp3) is 0.267. The number of benzene rings is 1. The van der Waals surface area contributed by atoms with Crippen LogP contribution in [0.3, 0.4) is 0 Å². The zero-order valence-corrected chi connectivity index (χ0v) is 11.4. The van der Waals surface area contributed by atoms with Gasteiger partial charge in [0.2, 0.25) is 0 Å². The summed E-state index contributed by atoms with van der Waals surface area (Å²) in [6, 6.07) is 7.42. The highest BCUT2D eigenvalue weighted by atomic mass is 16.5. The first-order valence-electron chi connectivity index (χ1n) is 6.61. The molecule has 0 atom stereocenters. The molecule has 6 heteroatoms. The maximum absolute atomic E-state index is 11.8. The van der Waals surface area contributed by atoms with E-state index in [2.05, 4.69) is 5.10 Å². The second kappa shape index (κ2) is 5.05. The van der Waals surface area contributed by atoms with Gasteiger partial charge in [0.25, 0.3) is 5.56 Å². The molecule has 0 radical (unpaired) electrons. The molecule has 0 aliphatic heterocycles. The van der Waals surface area contributed by atoms with Gasteiger partial charge in [-0.3, -0.25) is 4.79 Å². The molecule has 2 aromatic rings. The van der Waals surface area contributed by atoms with Crippen LogP contribution in [0.5, 0.6) is 11.5 Å². The summed E-state index contributed by atoms with van der Waals surface area (Å²) < 4.78 is 6.46. The normalized spacial score (nSPS) is 14.0. The van der Waals surface area contributed by atoms with Gasteiger partial charge in [-0.2, -0.15) is 5.10 Å². The Balaban J connectivity index is 1.98. The Morgan fingerprint density at radius 2 is 2.19 bits per heavy atom. The van der Waals surface area contributed by atoms with E-state index in [0.29, 0.717) is 11.7 Å². The van der Waals surface area contributed by atoms with Crippen LogP contribution < -0.4 is 15.4 Å². The first-order chi connectivity index (χ1) is 10.1. The maximum atomic E-state index is 11.8. The van der Waals surface area contributed by atoms with Gasteiger partial charge in [-0.25, -0.2) is 4.68 Å². The Bertz CT molecular complexity index is 763. The van der Waals surface area contributed by atoms with Crippen molar-refractivity contribution in [1.29, 1.82) is 0 Å². The third-order valence-electron chi connectivity index (χ3n) is 3.44. The molecule has 0 amide bonds. The summed E-state index contributed by atoms with van der Waals surface area (Å²) in [5, 5.41) is 14.9. The highest BCUT2D eigenvalue weighted by Gasteiger charge is 2.23. The molecule has 1 heterocycles. The van der Waals surface area contributed by atoms with Gasteiger partial charge in [0, 0.05) is 7.05 Å². The van der Waals surface area contributed by atoms with Gasteiger partial charge in [0.05, 0.1) is 12.2 Å². The van der Waals surface area contributed by atoms with Gasteiger partial charge in [-0.15, -0.1) is 0 Å². The van der Waals surface area contributed by atoms with Crippen molar-refractivity contribution in [3.8, 4) is 11.5 Å². The minimum absolute atomic E-state index is 0.106. The molecule has 1 aromatic heterocycles. The van der Waals surface area contributed by atoms with Crippen LogP contribution in [0.2, 0.25) is 0 Å². The van der Waals surface area contributed by atoms with Crippen molar-refractivity contribution in [2.24, 2.45) is 7.05 Å². The lowest BCUT2D eigenvalue weighted by molar-refractivity contribution is -0.255. The predicted octanol–water partition coefficient (Wildman–Crippen LogP) is 0.813. The number of aromatic carboxylic acids is 1. The van der Waals surface area contributed by atoms with Gasteiger partial charge in [0.1, 0.15) is 11.3 Å². The van der Waals surface area contributed by atoms with Crippen LogP contribution in [-0.2, 0) is 7.05 Å². The monoisotopic (exact) mass is 285 g/mol. The van der Waals surface area contributed by atoms with Crippen molar-refractivity contribution < 1.29 is 14.6 Å². The Kier molecular flexibility index (Phi) is 3.21. The number of ether oxygens (including phenoxy) is 1. The SMILES string of the molecule is Cn1ncc(Oc2cccc(C3CC3)c2)c(C(=O)[O-])c1=O. The first-order valence-corrected chi connectivity index (χ1v) is 6.61. The van der Waals surface area contributed by atoms with Crippen molar-refractivity contribution in [2.45, 2.75) is 18.8 Å². The number of hydrogen-bond donors (Lipinski definition) is 0. The first kappa shape index (κ1) is 13.4. The number of hydrogen-bond acceptors (Lipinski definition) is 5. The highest BCUT2D eigenvalue weighted by Crippen LogP contribution is 2.41. The summed E-state index contributed by atoms with van der Waals surface area (Å²) in [5.74, 6) is -0.648. The van der Waals surface area contributed by atoms with Gasteiger partial charge in [-0.05, 0) is 36.5 Å². The molecular weight excluding hydrogens is 272 g/mol. The number of carboxylic acids is 1. The zero-order chi connectivity index (χ0) is 15.0. The largest absolute Gasteiger partial charge is 0.544 e. The summed E-state index contributed by atoms with van der Waals surface area (Å²) in [5.41, 5.74) is -0.130. The molecule has 0 bridgehead atoms. The molecule has 1 aromatic carbocycles. The lowest BCUT2D eigenvalue weighted by Crippen LogP contribution is -2.34. The van der Waals surface area contributed by atoms with Crippen molar-refractivity contribution in [3.63, 3.8) is 0 Å². The molecule has 1 saturated carbocycles. The number of carbonyl (C=O) groups is 1. The summed E-state index contributed by atoms with van der Waals surface area (Å²) in [7, 11) is 1.37. The van der Waals surface area contributed by atoms with Crippen molar-refractivity contribution in [1.82, 2.24) is 9.78 Å². The molecule has 1 aliphatic carbocycles. The number of carboxylic acid groups (broad SMARTS) is 1. The van der Waals surface area contributed by atoms with E-state index < -0.39 is 17.1 Å². The quantitative estimate of drug-likeness (QED) is 0.830. The van der Waals surface area contributed by atoms with E-state index in [9.17, 15) is 14.7 Å². The van der Waals surface area contributed by atoms with Crippen LogP contribution >= 0.6 is 0 Å². The summed E-state index contributed by atoms with van der Waals surface area (Å²) in [4.78, 5) is 22.9. The van der Waals surface area contributed by atoms with Crippen LogP contribution in [0.15, 0.2) is 35.3 Å². The second-order valence-corrected chi connectivity index (χ2v) is 5.05. The number of nitrogens with zero attached hydrogens (tertiary/aromatic N) is 2. The minimum Gasteiger partial charge on any atom is -0.544 e. The van der Waals surface area contributed by atoms with E-state index >= 15 is 0 Å². The van der Waals surface area contributed by atoms with Crippen molar-refractivity contribution in [2.75, 3.05) is 0 Å². The molecule has 6 nitrogen and oxygen atoms in total. The highest BCUT2D eigenvalue weighted by molar-refractivity contribution is 5.88. The van der Waals surface area contributed by atoms with Gasteiger partial charge < -0.3 is 14.6 Å². The van der Waals surface area contributed by atoms with Gasteiger partial charge in [-0.1, -0.05) is 12.1 Å². The van der Waals surface area contributed by atoms with E-state index in [-0.39, 0.29) is 5.75 Å². The fourth-order valence-electron chi connectivity index (χ4n) is 2.16. The standard InChI is InChI=1S/C15H14N2O4/c1-17-14(18)13(15(19)20)12(8-16-17)21-11-4-2-3-10(7-11)9-5-6-9/h2-4,7-9H,5-6H2,1H3,(H,19,20)/p-1. The molecule has 0 saturated heterocycles. The number of aryl methyl sites for hydroxylation is 1. The topological polar surface area (TPSA) is 84.2 Å². The molecular formula is C15H13N2O4-. The Morgan fingerprint density at radius 3 is 2.86 bits per heavy atom.